The SMILES string of the molecule is CC(N)(P(=O)(c1ccccc1)c1ccccc1)P(=O)(c1ccccc1)c1ccccc1. The van der Waals surface area contributed by atoms with Crippen molar-refractivity contribution in [2.45, 2.75) is 11.9 Å². The quantitative estimate of drug-likeness (QED) is 0.440. The van der Waals surface area contributed by atoms with Crippen LogP contribution in [0.15, 0.2) is 121 Å². The fourth-order valence-corrected chi connectivity index (χ4v) is 12.1. The van der Waals surface area contributed by atoms with E-state index in [1.54, 1.807) is 6.92 Å². The molecule has 0 aliphatic heterocycles. The smallest absolute Gasteiger partial charge is 0.169 e. The summed E-state index contributed by atoms with van der Waals surface area (Å²) in [5.41, 5.74) is 7.08. The monoisotopic (exact) mass is 445 g/mol. The molecule has 0 spiro atoms. The van der Waals surface area contributed by atoms with Gasteiger partial charge < -0.3 is 14.9 Å². The van der Waals surface area contributed by atoms with Crippen LogP contribution in [0.4, 0.5) is 0 Å². The van der Waals surface area contributed by atoms with Gasteiger partial charge in [0.05, 0.1) is 0 Å². The van der Waals surface area contributed by atoms with Crippen LogP contribution in [0.25, 0.3) is 0 Å². The van der Waals surface area contributed by atoms with E-state index >= 15 is 9.13 Å². The molecule has 0 saturated carbocycles. The van der Waals surface area contributed by atoms with Crippen molar-refractivity contribution in [3.05, 3.63) is 121 Å². The predicted octanol–water partition coefficient (Wildman–Crippen LogP) is 4.65. The third-order valence-corrected chi connectivity index (χ3v) is 14.1. The van der Waals surface area contributed by atoms with Crippen molar-refractivity contribution >= 4 is 35.5 Å². The van der Waals surface area contributed by atoms with Gasteiger partial charge >= 0.3 is 0 Å². The fourth-order valence-electron chi connectivity index (χ4n) is 4.09. The zero-order chi connectivity index (χ0) is 22.0. The minimum Gasteiger partial charge on any atom is -0.312 e. The second-order valence-electron chi connectivity index (χ2n) is 7.65. The molecule has 0 amide bonds. The summed E-state index contributed by atoms with van der Waals surface area (Å²) in [6.45, 7) is 1.69. The Bertz CT molecular complexity index is 1060. The fraction of sp³-hybridized carbons (Fsp3) is 0.0769. The van der Waals surface area contributed by atoms with Gasteiger partial charge in [0, 0.05) is 21.2 Å². The van der Waals surface area contributed by atoms with Gasteiger partial charge in [-0.2, -0.15) is 0 Å². The van der Waals surface area contributed by atoms with E-state index in [2.05, 4.69) is 0 Å². The van der Waals surface area contributed by atoms with Gasteiger partial charge in [0.2, 0.25) is 0 Å². The first-order valence-corrected chi connectivity index (χ1v) is 13.6. The molecule has 0 unspecified atom stereocenters. The number of rotatable bonds is 6. The highest BCUT2D eigenvalue weighted by Crippen LogP contribution is 2.70. The van der Waals surface area contributed by atoms with Crippen LogP contribution in [0.5, 0.6) is 0 Å². The Balaban J connectivity index is 2.08. The number of benzene rings is 4. The highest BCUT2D eigenvalue weighted by Gasteiger charge is 2.57. The average Bonchev–Trinajstić information content (AvgIpc) is 2.85. The van der Waals surface area contributed by atoms with Crippen molar-refractivity contribution in [1.82, 2.24) is 0 Å². The first-order valence-electron chi connectivity index (χ1n) is 10.1. The minimum absolute atomic E-state index is 0.596. The normalized spacial score (nSPS) is 12.5. The van der Waals surface area contributed by atoms with E-state index in [4.69, 9.17) is 5.73 Å². The van der Waals surface area contributed by atoms with E-state index in [0.717, 1.165) is 0 Å². The van der Waals surface area contributed by atoms with E-state index in [1.807, 2.05) is 121 Å². The molecule has 3 nitrogen and oxygen atoms in total. The highest BCUT2D eigenvalue weighted by molar-refractivity contribution is 7.96. The van der Waals surface area contributed by atoms with Gasteiger partial charge in [-0.25, -0.2) is 0 Å². The Hall–Kier alpha value is -2.70. The molecular formula is C26H25NO2P2. The van der Waals surface area contributed by atoms with Gasteiger partial charge in [-0.3, -0.25) is 0 Å². The van der Waals surface area contributed by atoms with Crippen LogP contribution in [-0.4, -0.2) is 5.02 Å². The second-order valence-corrected chi connectivity index (χ2v) is 14.4. The summed E-state index contributed by atoms with van der Waals surface area (Å²) in [5.74, 6) is 0. The summed E-state index contributed by atoms with van der Waals surface area (Å²) in [7, 11) is -7.13. The summed E-state index contributed by atoms with van der Waals surface area (Å²) in [5, 5.41) is 0.818. The largest absolute Gasteiger partial charge is 0.312 e. The maximum absolute atomic E-state index is 15.1. The van der Waals surface area contributed by atoms with Crippen LogP contribution in [0.1, 0.15) is 6.92 Å². The van der Waals surface area contributed by atoms with Gasteiger partial charge in [0.25, 0.3) is 0 Å². The molecule has 0 aliphatic carbocycles. The lowest BCUT2D eigenvalue weighted by atomic mass is 10.4. The molecule has 2 N–H and O–H groups in total. The summed E-state index contributed by atoms with van der Waals surface area (Å²) in [6, 6.07) is 36.8. The molecule has 4 aromatic carbocycles. The van der Waals surface area contributed by atoms with Crippen LogP contribution in [-0.2, 0) is 9.13 Å². The average molecular weight is 445 g/mol. The van der Waals surface area contributed by atoms with Gasteiger partial charge in [-0.15, -0.1) is 0 Å². The highest BCUT2D eigenvalue weighted by atomic mass is 31.2. The zero-order valence-electron chi connectivity index (χ0n) is 17.3. The van der Waals surface area contributed by atoms with Crippen LogP contribution in [0, 0.1) is 0 Å². The molecule has 0 bridgehead atoms. The maximum atomic E-state index is 15.1. The lowest BCUT2D eigenvalue weighted by Crippen LogP contribution is -2.48. The lowest BCUT2D eigenvalue weighted by molar-refractivity contribution is 0.557. The Kier molecular flexibility index (Phi) is 5.86. The van der Waals surface area contributed by atoms with Crippen molar-refractivity contribution in [3.8, 4) is 0 Å². The van der Waals surface area contributed by atoms with Gasteiger partial charge in [0.15, 0.2) is 14.3 Å². The Labute approximate surface area is 183 Å². The third kappa shape index (κ3) is 3.44. The first kappa shape index (κ1) is 21.5. The van der Waals surface area contributed by atoms with Crippen LogP contribution in [0.2, 0.25) is 0 Å². The van der Waals surface area contributed by atoms with E-state index < -0.39 is 19.3 Å². The molecule has 31 heavy (non-hydrogen) atoms. The van der Waals surface area contributed by atoms with E-state index in [0.29, 0.717) is 21.2 Å². The topological polar surface area (TPSA) is 60.2 Å². The molecule has 4 rings (SSSR count). The molecule has 0 heterocycles. The van der Waals surface area contributed by atoms with Crippen molar-refractivity contribution in [3.63, 3.8) is 0 Å². The molecule has 156 valence electrons. The molecule has 0 aliphatic rings. The van der Waals surface area contributed by atoms with Crippen molar-refractivity contribution in [2.75, 3.05) is 0 Å². The number of hydrogen-bond acceptors (Lipinski definition) is 3. The standard InChI is InChI=1S/C26H25NO2P2/c1-26(27,30(28,22-14-6-2-7-15-22)23-16-8-3-9-17-23)31(29,24-18-10-4-11-19-24)25-20-12-5-13-21-25/h2-21H,27H2,1H3. The number of hydrogen-bond donors (Lipinski definition) is 1. The summed E-state index contributed by atoms with van der Waals surface area (Å²) < 4.78 is 30.3. The third-order valence-electron chi connectivity index (χ3n) is 5.75. The number of nitrogens with two attached hydrogens (primary N) is 1. The molecule has 5 heteroatoms. The van der Waals surface area contributed by atoms with Crippen LogP contribution < -0.4 is 27.0 Å². The van der Waals surface area contributed by atoms with Crippen molar-refractivity contribution in [1.29, 1.82) is 0 Å². The first-order chi connectivity index (χ1) is 14.9. The summed E-state index contributed by atoms with van der Waals surface area (Å²) >= 11 is 0. The maximum Gasteiger partial charge on any atom is 0.169 e. The Morgan fingerprint density at radius 1 is 0.484 bits per heavy atom. The molecular weight excluding hydrogens is 420 g/mol. The van der Waals surface area contributed by atoms with Gasteiger partial charge in [-0.05, 0) is 6.92 Å². The van der Waals surface area contributed by atoms with E-state index in [9.17, 15) is 0 Å². The minimum atomic E-state index is -3.56. The molecule has 4 aromatic rings. The second kappa shape index (κ2) is 8.44. The van der Waals surface area contributed by atoms with Crippen LogP contribution >= 0.6 is 14.3 Å². The summed E-state index contributed by atoms with van der Waals surface area (Å²) in [6.07, 6.45) is 0. The molecule has 0 aromatic heterocycles. The molecule has 0 fully saturated rings. The predicted molar refractivity (Wildman–Crippen MR) is 132 cm³/mol. The van der Waals surface area contributed by atoms with Gasteiger partial charge in [0.1, 0.15) is 5.02 Å². The van der Waals surface area contributed by atoms with Crippen LogP contribution in [0.3, 0.4) is 0 Å². The molecule has 0 saturated heterocycles. The van der Waals surface area contributed by atoms with Gasteiger partial charge in [-0.1, -0.05) is 121 Å². The lowest BCUT2D eigenvalue weighted by Gasteiger charge is -2.41. The van der Waals surface area contributed by atoms with E-state index in [1.165, 1.54) is 0 Å². The Morgan fingerprint density at radius 3 is 0.871 bits per heavy atom. The zero-order valence-corrected chi connectivity index (χ0v) is 19.1. The van der Waals surface area contributed by atoms with Crippen molar-refractivity contribution in [2.24, 2.45) is 5.73 Å². The van der Waals surface area contributed by atoms with Crippen molar-refractivity contribution < 1.29 is 9.13 Å². The van der Waals surface area contributed by atoms with E-state index in [-0.39, 0.29) is 0 Å². The molecule has 0 radical (unpaired) electrons. The Morgan fingerprint density at radius 2 is 0.677 bits per heavy atom. The summed E-state index contributed by atoms with van der Waals surface area (Å²) in [4.78, 5) is 0. The molecule has 0 atom stereocenters.